The van der Waals surface area contributed by atoms with Gasteiger partial charge >= 0.3 is 0 Å². The van der Waals surface area contributed by atoms with Crippen LogP contribution in [0.25, 0.3) is 0 Å². The van der Waals surface area contributed by atoms with Gasteiger partial charge in [-0.1, -0.05) is 0 Å². The zero-order valence-electron chi connectivity index (χ0n) is 9.57. The summed E-state index contributed by atoms with van der Waals surface area (Å²) in [5.41, 5.74) is -0.531. The van der Waals surface area contributed by atoms with Gasteiger partial charge in [0.05, 0.1) is 11.5 Å². The van der Waals surface area contributed by atoms with E-state index in [1.54, 1.807) is 11.6 Å². The summed E-state index contributed by atoms with van der Waals surface area (Å²) in [5, 5.41) is 25.1. The first kappa shape index (κ1) is 13.0. The van der Waals surface area contributed by atoms with Crippen molar-refractivity contribution in [3.63, 3.8) is 0 Å². The predicted octanol–water partition coefficient (Wildman–Crippen LogP) is 1.69. The van der Waals surface area contributed by atoms with E-state index < -0.39 is 10.8 Å². The van der Waals surface area contributed by atoms with Gasteiger partial charge in [-0.05, 0) is 12.1 Å². The van der Waals surface area contributed by atoms with E-state index in [0.717, 1.165) is 18.2 Å². The Bertz CT molecular complexity index is 612. The summed E-state index contributed by atoms with van der Waals surface area (Å²) in [5.74, 6) is -0.831. The number of carbonyl (C=O) groups excluding carboxylic acids is 1. The van der Waals surface area contributed by atoms with Crippen LogP contribution >= 0.6 is 11.3 Å². The van der Waals surface area contributed by atoms with Crippen molar-refractivity contribution in [2.75, 3.05) is 0 Å². The van der Waals surface area contributed by atoms with E-state index in [9.17, 15) is 20.0 Å². The van der Waals surface area contributed by atoms with E-state index in [2.05, 4.69) is 10.3 Å². The van der Waals surface area contributed by atoms with Gasteiger partial charge in [-0.15, -0.1) is 11.3 Å². The topological polar surface area (TPSA) is 105 Å². The van der Waals surface area contributed by atoms with Gasteiger partial charge in [-0.2, -0.15) is 0 Å². The van der Waals surface area contributed by atoms with Gasteiger partial charge in [-0.25, -0.2) is 4.98 Å². The number of nitro benzene ring substituents is 1. The van der Waals surface area contributed by atoms with Gasteiger partial charge in [0.25, 0.3) is 11.6 Å². The highest BCUT2D eigenvalue weighted by molar-refractivity contribution is 7.09. The number of aromatic nitrogens is 1. The van der Waals surface area contributed by atoms with Crippen molar-refractivity contribution in [2.24, 2.45) is 0 Å². The van der Waals surface area contributed by atoms with Gasteiger partial charge in [-0.3, -0.25) is 14.9 Å². The molecule has 0 radical (unpaired) electrons. The van der Waals surface area contributed by atoms with Crippen molar-refractivity contribution in [1.29, 1.82) is 0 Å². The van der Waals surface area contributed by atoms with Crippen LogP contribution in [0, 0.1) is 10.1 Å². The second-order valence-corrected chi connectivity index (χ2v) is 4.55. The van der Waals surface area contributed by atoms with Crippen LogP contribution in [-0.4, -0.2) is 20.9 Å². The molecule has 2 aromatic rings. The first-order chi connectivity index (χ1) is 9.08. The molecular weight excluding hydrogens is 270 g/mol. The lowest BCUT2D eigenvalue weighted by molar-refractivity contribution is -0.385. The molecule has 2 N–H and O–H groups in total. The third-order valence-electron chi connectivity index (χ3n) is 2.31. The molecule has 0 bridgehead atoms. The molecule has 8 heteroatoms. The summed E-state index contributed by atoms with van der Waals surface area (Å²) in [6.45, 7) is 0.184. The van der Waals surface area contributed by atoms with Crippen molar-refractivity contribution in [1.82, 2.24) is 10.3 Å². The van der Waals surface area contributed by atoms with Crippen molar-refractivity contribution < 1.29 is 14.8 Å². The summed E-state index contributed by atoms with van der Waals surface area (Å²) in [4.78, 5) is 26.0. The standard InChI is InChI=1S/C11H9N3O4S/c15-7-1-2-9(14(17)18)8(5-7)11(16)13-6-10-12-3-4-19-10/h1-5,15H,6H2,(H,13,16). The number of phenolic OH excluding ortho intramolecular Hbond substituents is 1. The Labute approximate surface area is 111 Å². The highest BCUT2D eigenvalue weighted by Crippen LogP contribution is 2.23. The molecule has 0 aliphatic rings. The molecule has 0 saturated carbocycles. The van der Waals surface area contributed by atoms with Gasteiger partial charge in [0, 0.05) is 17.6 Å². The van der Waals surface area contributed by atoms with Crippen LogP contribution in [0.3, 0.4) is 0 Å². The Morgan fingerprint density at radius 3 is 2.95 bits per heavy atom. The summed E-state index contributed by atoms with van der Waals surface area (Å²) in [6.07, 6.45) is 1.60. The SMILES string of the molecule is O=C(NCc1nccs1)c1cc(O)ccc1[N+](=O)[O-]. The molecule has 1 amide bonds. The van der Waals surface area contributed by atoms with Gasteiger partial charge in [0.15, 0.2) is 0 Å². The lowest BCUT2D eigenvalue weighted by atomic mass is 10.1. The number of amides is 1. The number of nitrogens with zero attached hydrogens (tertiary/aromatic N) is 2. The number of hydrogen-bond acceptors (Lipinski definition) is 6. The van der Waals surface area contributed by atoms with E-state index in [1.807, 2.05) is 0 Å². The normalized spacial score (nSPS) is 10.1. The fraction of sp³-hybridized carbons (Fsp3) is 0.0909. The number of phenols is 1. The number of rotatable bonds is 4. The molecule has 2 rings (SSSR count). The van der Waals surface area contributed by atoms with Crippen molar-refractivity contribution >= 4 is 22.9 Å². The van der Waals surface area contributed by atoms with E-state index >= 15 is 0 Å². The minimum atomic E-state index is -0.669. The summed E-state index contributed by atoms with van der Waals surface area (Å²) in [6, 6.07) is 3.32. The second kappa shape index (κ2) is 5.44. The van der Waals surface area contributed by atoms with Crippen LogP contribution in [0.1, 0.15) is 15.4 Å². The van der Waals surface area contributed by atoms with Crippen molar-refractivity contribution in [3.8, 4) is 5.75 Å². The zero-order valence-corrected chi connectivity index (χ0v) is 10.4. The molecule has 0 aliphatic carbocycles. The number of nitro groups is 1. The summed E-state index contributed by atoms with van der Waals surface area (Å²) < 4.78 is 0. The largest absolute Gasteiger partial charge is 0.508 e. The van der Waals surface area contributed by atoms with E-state index in [0.29, 0.717) is 5.01 Å². The number of thiazole rings is 1. The smallest absolute Gasteiger partial charge is 0.282 e. The maximum atomic E-state index is 11.9. The Balaban J connectivity index is 2.18. The number of aromatic hydroxyl groups is 1. The maximum Gasteiger partial charge on any atom is 0.282 e. The van der Waals surface area contributed by atoms with Gasteiger partial charge in [0.1, 0.15) is 16.3 Å². The lowest BCUT2D eigenvalue weighted by Gasteiger charge is -2.04. The van der Waals surface area contributed by atoms with Crippen LogP contribution in [0.5, 0.6) is 5.75 Å². The van der Waals surface area contributed by atoms with Gasteiger partial charge in [0.2, 0.25) is 0 Å². The van der Waals surface area contributed by atoms with Crippen LogP contribution in [-0.2, 0) is 6.54 Å². The third kappa shape index (κ3) is 3.05. The third-order valence-corrected chi connectivity index (χ3v) is 3.08. The maximum absolute atomic E-state index is 11.9. The fourth-order valence-electron chi connectivity index (χ4n) is 1.46. The Morgan fingerprint density at radius 2 is 2.32 bits per heavy atom. The minimum absolute atomic E-state index is 0.179. The number of benzene rings is 1. The molecule has 0 aliphatic heterocycles. The summed E-state index contributed by atoms with van der Waals surface area (Å²) in [7, 11) is 0. The molecular formula is C11H9N3O4S. The van der Waals surface area contributed by atoms with Crippen LogP contribution < -0.4 is 5.32 Å². The molecule has 0 spiro atoms. The van der Waals surface area contributed by atoms with Gasteiger partial charge < -0.3 is 10.4 Å². The average Bonchev–Trinajstić information content (AvgIpc) is 2.88. The molecule has 98 valence electrons. The fourth-order valence-corrected chi connectivity index (χ4v) is 2.01. The van der Waals surface area contributed by atoms with Crippen molar-refractivity contribution in [3.05, 3.63) is 50.5 Å². The molecule has 0 atom stereocenters. The monoisotopic (exact) mass is 279 g/mol. The second-order valence-electron chi connectivity index (χ2n) is 3.57. The Hall–Kier alpha value is -2.48. The van der Waals surface area contributed by atoms with Crippen molar-refractivity contribution in [2.45, 2.75) is 6.54 Å². The average molecular weight is 279 g/mol. The first-order valence-corrected chi connectivity index (χ1v) is 6.10. The van der Waals surface area contributed by atoms with E-state index in [-0.39, 0.29) is 23.5 Å². The summed E-state index contributed by atoms with van der Waals surface area (Å²) >= 11 is 1.36. The molecule has 7 nitrogen and oxygen atoms in total. The quantitative estimate of drug-likeness (QED) is 0.654. The number of carbonyl (C=O) groups is 1. The molecule has 0 unspecified atom stereocenters. The number of hydrogen-bond donors (Lipinski definition) is 2. The Kier molecular flexibility index (Phi) is 3.71. The van der Waals surface area contributed by atoms with Crippen LogP contribution in [0.2, 0.25) is 0 Å². The molecule has 0 fully saturated rings. The predicted molar refractivity (Wildman–Crippen MR) is 68.0 cm³/mol. The lowest BCUT2D eigenvalue weighted by Crippen LogP contribution is -2.23. The minimum Gasteiger partial charge on any atom is -0.508 e. The molecule has 1 aromatic carbocycles. The molecule has 1 aromatic heterocycles. The first-order valence-electron chi connectivity index (χ1n) is 5.22. The van der Waals surface area contributed by atoms with E-state index in [1.165, 1.54) is 11.3 Å². The van der Waals surface area contributed by atoms with E-state index in [4.69, 9.17) is 0 Å². The number of nitrogens with one attached hydrogen (secondary N) is 1. The highest BCUT2D eigenvalue weighted by Gasteiger charge is 2.20. The van der Waals surface area contributed by atoms with Crippen LogP contribution in [0.4, 0.5) is 5.69 Å². The molecule has 1 heterocycles. The molecule has 0 saturated heterocycles. The highest BCUT2D eigenvalue weighted by atomic mass is 32.1. The molecule has 19 heavy (non-hydrogen) atoms. The van der Waals surface area contributed by atoms with Crippen LogP contribution in [0.15, 0.2) is 29.8 Å². The Morgan fingerprint density at radius 1 is 1.53 bits per heavy atom. The zero-order chi connectivity index (χ0) is 13.8.